The summed E-state index contributed by atoms with van der Waals surface area (Å²) in [5, 5.41) is 0.665. The summed E-state index contributed by atoms with van der Waals surface area (Å²) < 4.78 is 0. The molecule has 0 saturated carbocycles. The van der Waals surface area contributed by atoms with Gasteiger partial charge in [-0.25, -0.2) is 10.8 Å². The fraction of sp³-hybridized carbons (Fsp3) is 0.556. The lowest BCUT2D eigenvalue weighted by atomic mass is 10.3. The van der Waals surface area contributed by atoms with Crippen LogP contribution in [0.5, 0.6) is 0 Å². The van der Waals surface area contributed by atoms with Gasteiger partial charge in [0.25, 0.3) is 0 Å². The molecule has 0 unspecified atom stereocenters. The number of hydrazine groups is 1. The number of nitrogens with one attached hydrogen (secondary N) is 1. The van der Waals surface area contributed by atoms with Crippen molar-refractivity contribution in [1.29, 1.82) is 0 Å². The van der Waals surface area contributed by atoms with Gasteiger partial charge in [-0.15, -0.1) is 0 Å². The molecule has 1 amide bonds. The molecule has 1 aromatic rings. The number of carbonyl (C=O) groups is 1. The van der Waals surface area contributed by atoms with Crippen molar-refractivity contribution in [2.45, 2.75) is 26.4 Å². The van der Waals surface area contributed by atoms with Crippen molar-refractivity contribution < 1.29 is 4.79 Å². The maximum atomic E-state index is 10.9. The van der Waals surface area contributed by atoms with Gasteiger partial charge in [-0.3, -0.25) is 15.1 Å². The van der Waals surface area contributed by atoms with Gasteiger partial charge in [0.2, 0.25) is 5.91 Å². The molecule has 0 aliphatic rings. The lowest BCUT2D eigenvalue weighted by Crippen LogP contribution is -2.37. The smallest absolute Gasteiger partial charge is 0.231 e. The molecule has 0 aliphatic carbocycles. The molecule has 7 heteroatoms. The van der Waals surface area contributed by atoms with Gasteiger partial charge in [0.15, 0.2) is 5.13 Å². The van der Waals surface area contributed by atoms with Gasteiger partial charge in [-0.2, -0.15) is 0 Å². The van der Waals surface area contributed by atoms with E-state index in [0.717, 1.165) is 4.88 Å². The molecule has 1 rings (SSSR count). The molecule has 0 radical (unpaired) electrons. The molecule has 0 bridgehead atoms. The summed E-state index contributed by atoms with van der Waals surface area (Å²) in [6.07, 6.45) is 1.75. The third-order valence-electron chi connectivity index (χ3n) is 2.13. The van der Waals surface area contributed by atoms with Crippen molar-refractivity contribution >= 4 is 22.4 Å². The molecule has 1 aromatic heterocycles. The van der Waals surface area contributed by atoms with Crippen molar-refractivity contribution in [3.63, 3.8) is 0 Å². The number of hydrogen-bond acceptors (Lipinski definition) is 6. The normalized spacial score (nSPS) is 11.1. The molecule has 6 nitrogen and oxygen atoms in total. The number of rotatable bonds is 6. The van der Waals surface area contributed by atoms with E-state index in [4.69, 9.17) is 11.6 Å². The van der Waals surface area contributed by atoms with Crippen LogP contribution in [0.3, 0.4) is 0 Å². The third kappa shape index (κ3) is 3.76. The van der Waals surface area contributed by atoms with Crippen LogP contribution in [-0.2, 0) is 11.3 Å². The molecule has 1 heterocycles. The predicted octanol–water partition coefficient (Wildman–Crippen LogP) is 0.124. The molecule has 16 heavy (non-hydrogen) atoms. The second-order valence-corrected chi connectivity index (χ2v) is 4.86. The molecule has 0 saturated heterocycles. The third-order valence-corrected chi connectivity index (χ3v) is 3.04. The molecule has 0 aliphatic heterocycles. The van der Waals surface area contributed by atoms with E-state index in [1.807, 2.05) is 18.7 Å². The van der Waals surface area contributed by atoms with E-state index in [1.54, 1.807) is 6.20 Å². The monoisotopic (exact) mass is 243 g/mol. The first-order chi connectivity index (χ1) is 7.52. The highest BCUT2D eigenvalue weighted by Gasteiger charge is 2.14. The number of aromatic nitrogens is 1. The van der Waals surface area contributed by atoms with Gasteiger partial charge in [0.1, 0.15) is 0 Å². The first-order valence-corrected chi connectivity index (χ1v) is 5.78. The van der Waals surface area contributed by atoms with Crippen molar-refractivity contribution in [1.82, 2.24) is 9.88 Å². The summed E-state index contributed by atoms with van der Waals surface area (Å²) in [7, 11) is 0. The van der Waals surface area contributed by atoms with Crippen molar-refractivity contribution in [2.75, 3.05) is 12.0 Å². The quantitative estimate of drug-likeness (QED) is 0.487. The number of nitrogens with two attached hydrogens (primary N) is 2. The Morgan fingerprint density at radius 3 is 2.81 bits per heavy atom. The number of nitrogen functional groups attached to an aromatic ring is 1. The minimum absolute atomic E-state index is 0.251. The number of primary amides is 1. The van der Waals surface area contributed by atoms with Crippen molar-refractivity contribution in [2.24, 2.45) is 11.6 Å². The Morgan fingerprint density at radius 2 is 2.38 bits per heavy atom. The van der Waals surface area contributed by atoms with E-state index >= 15 is 0 Å². The number of nitrogens with zero attached hydrogens (tertiary/aromatic N) is 2. The highest BCUT2D eigenvalue weighted by molar-refractivity contribution is 7.15. The number of carbonyl (C=O) groups excluding carboxylic acids is 1. The zero-order valence-electron chi connectivity index (χ0n) is 9.43. The predicted molar refractivity (Wildman–Crippen MR) is 64.7 cm³/mol. The van der Waals surface area contributed by atoms with E-state index < -0.39 is 0 Å². The number of anilines is 1. The van der Waals surface area contributed by atoms with Gasteiger partial charge in [0, 0.05) is 23.7 Å². The summed E-state index contributed by atoms with van der Waals surface area (Å²) in [6.45, 7) is 4.94. The molecule has 0 atom stereocenters. The largest absolute Gasteiger partial charge is 0.369 e. The minimum atomic E-state index is -0.324. The fourth-order valence-electron chi connectivity index (χ4n) is 1.27. The van der Waals surface area contributed by atoms with Crippen LogP contribution < -0.4 is 17.0 Å². The average Bonchev–Trinajstić information content (AvgIpc) is 2.63. The zero-order valence-corrected chi connectivity index (χ0v) is 10.3. The summed E-state index contributed by atoms with van der Waals surface area (Å²) in [5.74, 6) is 4.92. The van der Waals surface area contributed by atoms with Crippen LogP contribution in [0.25, 0.3) is 0 Å². The van der Waals surface area contributed by atoms with Gasteiger partial charge in [-0.1, -0.05) is 11.3 Å². The summed E-state index contributed by atoms with van der Waals surface area (Å²) in [5.41, 5.74) is 7.68. The highest BCUT2D eigenvalue weighted by Crippen LogP contribution is 2.19. The number of amides is 1. The maximum absolute atomic E-state index is 10.9. The second-order valence-electron chi connectivity index (χ2n) is 3.74. The maximum Gasteiger partial charge on any atom is 0.231 e. The van der Waals surface area contributed by atoms with Crippen LogP contribution >= 0.6 is 11.3 Å². The van der Waals surface area contributed by atoms with E-state index in [2.05, 4.69) is 10.4 Å². The van der Waals surface area contributed by atoms with Crippen LogP contribution in [-0.4, -0.2) is 28.4 Å². The minimum Gasteiger partial charge on any atom is -0.369 e. The Labute approximate surface area is 98.6 Å². The lowest BCUT2D eigenvalue weighted by molar-refractivity contribution is -0.119. The summed E-state index contributed by atoms with van der Waals surface area (Å²) in [4.78, 5) is 18.0. The molecule has 0 fully saturated rings. The zero-order chi connectivity index (χ0) is 12.1. The first kappa shape index (κ1) is 12.9. The van der Waals surface area contributed by atoms with Gasteiger partial charge < -0.3 is 5.73 Å². The van der Waals surface area contributed by atoms with E-state index in [0.29, 0.717) is 11.7 Å². The highest BCUT2D eigenvalue weighted by atomic mass is 32.1. The topological polar surface area (TPSA) is 97.3 Å². The van der Waals surface area contributed by atoms with Crippen LogP contribution in [0.4, 0.5) is 5.13 Å². The SMILES string of the molecule is CC(C)N(CC(N)=O)Cc1cnc(NN)s1. The average molecular weight is 243 g/mol. The van der Waals surface area contributed by atoms with Gasteiger partial charge in [-0.05, 0) is 13.8 Å². The van der Waals surface area contributed by atoms with Crippen LogP contribution in [0.1, 0.15) is 18.7 Å². The molecule has 90 valence electrons. The van der Waals surface area contributed by atoms with Crippen LogP contribution in [0.2, 0.25) is 0 Å². The number of hydrogen-bond donors (Lipinski definition) is 3. The molecule has 0 aromatic carbocycles. The van der Waals surface area contributed by atoms with Gasteiger partial charge >= 0.3 is 0 Å². The van der Waals surface area contributed by atoms with E-state index in [9.17, 15) is 4.79 Å². The Morgan fingerprint density at radius 1 is 1.69 bits per heavy atom. The number of thiazole rings is 1. The van der Waals surface area contributed by atoms with E-state index in [-0.39, 0.29) is 18.5 Å². The molecule has 0 spiro atoms. The van der Waals surface area contributed by atoms with Crippen LogP contribution in [0, 0.1) is 0 Å². The summed E-state index contributed by atoms with van der Waals surface area (Å²) in [6, 6.07) is 0.254. The second kappa shape index (κ2) is 5.78. The van der Waals surface area contributed by atoms with Crippen molar-refractivity contribution in [3.8, 4) is 0 Å². The molecule has 5 N–H and O–H groups in total. The fourth-order valence-corrected chi connectivity index (χ4v) is 2.02. The van der Waals surface area contributed by atoms with Crippen molar-refractivity contribution in [3.05, 3.63) is 11.1 Å². The lowest BCUT2D eigenvalue weighted by Gasteiger charge is -2.23. The standard InChI is InChI=1S/C9H17N5OS/c1-6(2)14(5-8(10)15)4-7-3-12-9(13-11)16-7/h3,6H,4-5,11H2,1-2H3,(H2,10,15)(H,12,13). The Kier molecular flexibility index (Phi) is 4.66. The van der Waals surface area contributed by atoms with Crippen LogP contribution in [0.15, 0.2) is 6.20 Å². The summed E-state index contributed by atoms with van der Waals surface area (Å²) >= 11 is 1.46. The Balaban J connectivity index is 2.63. The Bertz CT molecular complexity index is 351. The first-order valence-electron chi connectivity index (χ1n) is 4.96. The molecular formula is C9H17N5OS. The van der Waals surface area contributed by atoms with E-state index in [1.165, 1.54) is 11.3 Å². The van der Waals surface area contributed by atoms with Gasteiger partial charge in [0.05, 0.1) is 6.54 Å². The molecular weight excluding hydrogens is 226 g/mol. The Hall–Kier alpha value is -1.18.